The van der Waals surface area contributed by atoms with Gasteiger partial charge in [0.05, 0.1) is 0 Å². The van der Waals surface area contributed by atoms with Gasteiger partial charge in [-0.25, -0.2) is 0 Å². The van der Waals surface area contributed by atoms with Gasteiger partial charge in [-0.1, -0.05) is 29.0 Å². The fraction of sp³-hybridized carbons (Fsp3) is 0.182. The lowest BCUT2D eigenvalue weighted by molar-refractivity contribution is -0.114. The van der Waals surface area contributed by atoms with E-state index in [2.05, 4.69) is 20.2 Å². The fourth-order valence-electron chi connectivity index (χ4n) is 1.34. The largest absolute Gasteiger partial charge is 0.301 e. The molecule has 0 aliphatic carbocycles. The highest BCUT2D eigenvalue weighted by Crippen LogP contribution is 2.22. The van der Waals surface area contributed by atoms with Gasteiger partial charge < -0.3 is 5.32 Å². The highest BCUT2D eigenvalue weighted by Gasteiger charge is 2.20. The maximum atomic E-state index is 12.1. The van der Waals surface area contributed by atoms with Crippen LogP contribution in [0.25, 0.3) is 0 Å². The molecule has 0 aliphatic heterocycles. The van der Waals surface area contributed by atoms with Gasteiger partial charge in [-0.05, 0) is 19.1 Å². The number of aromatic nitrogens is 2. The van der Waals surface area contributed by atoms with Crippen molar-refractivity contribution in [1.29, 1.82) is 0 Å². The molecule has 0 bridgehead atoms. The molecule has 106 valence electrons. The van der Waals surface area contributed by atoms with Gasteiger partial charge in [0, 0.05) is 12.6 Å². The van der Waals surface area contributed by atoms with Gasteiger partial charge >= 0.3 is 0 Å². The molecule has 0 unspecified atom stereocenters. The van der Waals surface area contributed by atoms with E-state index in [4.69, 9.17) is 0 Å². The molecule has 0 atom stereocenters. The number of aryl methyl sites for hydroxylation is 1. The van der Waals surface area contributed by atoms with Crippen molar-refractivity contribution in [2.45, 2.75) is 18.2 Å². The highest BCUT2D eigenvalue weighted by atomic mass is 32.2. The molecule has 2 aromatic rings. The Kier molecular flexibility index (Phi) is 4.00. The molecule has 0 fully saturated rings. The van der Waals surface area contributed by atoms with Crippen LogP contribution in [0.2, 0.25) is 0 Å². The average molecular weight is 312 g/mol. The number of sulfonamides is 1. The minimum absolute atomic E-state index is 0.141. The number of rotatable bonds is 4. The highest BCUT2D eigenvalue weighted by molar-refractivity contribution is 7.94. The molecular weight excluding hydrogens is 300 g/mol. The summed E-state index contributed by atoms with van der Waals surface area (Å²) in [5.41, 5.74) is 1.46. The number of benzene rings is 1. The molecule has 2 N–H and O–H groups in total. The van der Waals surface area contributed by atoms with E-state index in [1.165, 1.54) is 6.92 Å². The zero-order valence-corrected chi connectivity index (χ0v) is 12.4. The van der Waals surface area contributed by atoms with Crippen molar-refractivity contribution in [1.82, 2.24) is 10.2 Å². The lowest BCUT2D eigenvalue weighted by atomic mass is 10.2. The Bertz CT molecular complexity index is 722. The number of carbonyl (C=O) groups excluding carboxylic acids is 1. The number of hydrogen-bond donors (Lipinski definition) is 2. The molecule has 0 radical (unpaired) electrons. The van der Waals surface area contributed by atoms with Crippen molar-refractivity contribution in [2.75, 3.05) is 10.0 Å². The molecule has 1 aromatic heterocycles. The van der Waals surface area contributed by atoms with E-state index in [9.17, 15) is 13.2 Å². The first-order valence-corrected chi connectivity index (χ1v) is 7.87. The zero-order chi connectivity index (χ0) is 14.8. The van der Waals surface area contributed by atoms with Crippen LogP contribution < -0.4 is 10.0 Å². The first-order chi connectivity index (χ1) is 9.37. The molecule has 1 amide bonds. The van der Waals surface area contributed by atoms with Crippen molar-refractivity contribution in [2.24, 2.45) is 0 Å². The Labute approximate surface area is 120 Å². The summed E-state index contributed by atoms with van der Waals surface area (Å²) in [5, 5.41) is 9.68. The summed E-state index contributed by atoms with van der Waals surface area (Å²) in [4.78, 5) is 10.9. The van der Waals surface area contributed by atoms with Gasteiger partial charge in [0.25, 0.3) is 14.4 Å². The number of amides is 1. The van der Waals surface area contributed by atoms with Crippen LogP contribution in [-0.4, -0.2) is 24.5 Å². The van der Waals surface area contributed by atoms with E-state index in [-0.39, 0.29) is 15.4 Å². The second kappa shape index (κ2) is 5.55. The SMILES string of the molecule is CC(=O)Nc1nnc(S(=O)(=O)Nc2ccc(C)cc2)s1. The summed E-state index contributed by atoms with van der Waals surface area (Å²) >= 11 is 0.786. The Morgan fingerprint density at radius 2 is 1.85 bits per heavy atom. The van der Waals surface area contributed by atoms with E-state index >= 15 is 0 Å². The van der Waals surface area contributed by atoms with Crippen LogP contribution in [0.15, 0.2) is 28.6 Å². The Morgan fingerprint density at radius 3 is 2.45 bits per heavy atom. The van der Waals surface area contributed by atoms with Crippen LogP contribution in [0.1, 0.15) is 12.5 Å². The molecule has 1 heterocycles. The Hall–Kier alpha value is -2.00. The molecular formula is C11H12N4O3S2. The van der Waals surface area contributed by atoms with Gasteiger partial charge in [0.2, 0.25) is 11.0 Å². The number of carbonyl (C=O) groups is 1. The van der Waals surface area contributed by atoms with Crippen molar-refractivity contribution in [3.8, 4) is 0 Å². The van der Waals surface area contributed by atoms with Crippen LogP contribution >= 0.6 is 11.3 Å². The van der Waals surface area contributed by atoms with Crippen molar-refractivity contribution >= 4 is 38.1 Å². The molecule has 20 heavy (non-hydrogen) atoms. The normalized spacial score (nSPS) is 11.1. The van der Waals surface area contributed by atoms with Crippen LogP contribution in [0.3, 0.4) is 0 Å². The van der Waals surface area contributed by atoms with Crippen molar-refractivity contribution < 1.29 is 13.2 Å². The minimum Gasteiger partial charge on any atom is -0.301 e. The zero-order valence-electron chi connectivity index (χ0n) is 10.7. The van der Waals surface area contributed by atoms with Crippen LogP contribution in [0, 0.1) is 6.92 Å². The van der Waals surface area contributed by atoms with Gasteiger partial charge in [-0.15, -0.1) is 10.2 Å². The molecule has 7 nitrogen and oxygen atoms in total. The number of hydrogen-bond acceptors (Lipinski definition) is 6. The predicted molar refractivity (Wildman–Crippen MR) is 76.2 cm³/mol. The van der Waals surface area contributed by atoms with Gasteiger partial charge in [0.1, 0.15) is 0 Å². The quantitative estimate of drug-likeness (QED) is 0.835. The number of anilines is 2. The van der Waals surface area contributed by atoms with Crippen molar-refractivity contribution in [3.63, 3.8) is 0 Å². The first kappa shape index (κ1) is 14.4. The van der Waals surface area contributed by atoms with Gasteiger partial charge in [0.15, 0.2) is 0 Å². The maximum absolute atomic E-state index is 12.1. The number of nitrogens with one attached hydrogen (secondary N) is 2. The smallest absolute Gasteiger partial charge is 0.291 e. The third-order valence-corrected chi connectivity index (χ3v) is 4.81. The molecule has 1 aromatic carbocycles. The van der Waals surface area contributed by atoms with Crippen LogP contribution in [0.4, 0.5) is 10.8 Å². The molecule has 0 aliphatic rings. The number of nitrogens with zero attached hydrogens (tertiary/aromatic N) is 2. The average Bonchev–Trinajstić information content (AvgIpc) is 2.80. The molecule has 0 spiro atoms. The maximum Gasteiger partial charge on any atom is 0.291 e. The van der Waals surface area contributed by atoms with E-state index in [0.29, 0.717) is 5.69 Å². The van der Waals surface area contributed by atoms with Gasteiger partial charge in [-0.3, -0.25) is 9.52 Å². The van der Waals surface area contributed by atoms with Crippen LogP contribution in [-0.2, 0) is 14.8 Å². The second-order valence-corrected chi connectivity index (χ2v) is 6.86. The lowest BCUT2D eigenvalue weighted by Gasteiger charge is -2.04. The van der Waals surface area contributed by atoms with E-state index in [0.717, 1.165) is 16.9 Å². The Balaban J connectivity index is 2.19. The first-order valence-electron chi connectivity index (χ1n) is 5.57. The third-order valence-electron chi connectivity index (χ3n) is 2.22. The topological polar surface area (TPSA) is 101 Å². The second-order valence-electron chi connectivity index (χ2n) is 4.03. The summed E-state index contributed by atoms with van der Waals surface area (Å²) in [6.07, 6.45) is 0. The molecule has 0 saturated heterocycles. The third kappa shape index (κ3) is 3.52. The Morgan fingerprint density at radius 1 is 1.20 bits per heavy atom. The summed E-state index contributed by atoms with van der Waals surface area (Å²) in [6.45, 7) is 3.21. The van der Waals surface area contributed by atoms with E-state index < -0.39 is 10.0 Å². The summed E-state index contributed by atoms with van der Waals surface area (Å²) < 4.78 is 26.3. The molecule has 0 saturated carbocycles. The fourth-order valence-corrected chi connectivity index (χ4v) is 3.35. The van der Waals surface area contributed by atoms with Gasteiger partial charge in [-0.2, -0.15) is 8.42 Å². The van der Waals surface area contributed by atoms with E-state index in [1.807, 2.05) is 6.92 Å². The lowest BCUT2D eigenvalue weighted by Crippen LogP contribution is -2.12. The van der Waals surface area contributed by atoms with Crippen LogP contribution in [0.5, 0.6) is 0 Å². The van der Waals surface area contributed by atoms with E-state index in [1.54, 1.807) is 24.3 Å². The molecule has 2 rings (SSSR count). The summed E-state index contributed by atoms with van der Waals surface area (Å²) in [7, 11) is -3.80. The monoisotopic (exact) mass is 312 g/mol. The summed E-state index contributed by atoms with van der Waals surface area (Å²) in [6, 6.07) is 6.90. The minimum atomic E-state index is -3.80. The predicted octanol–water partition coefficient (Wildman–Crippen LogP) is 1.61. The molecule has 9 heteroatoms. The van der Waals surface area contributed by atoms with Crippen molar-refractivity contribution in [3.05, 3.63) is 29.8 Å². The summed E-state index contributed by atoms with van der Waals surface area (Å²) in [5.74, 6) is -0.336. The standard InChI is InChI=1S/C11H12N4O3S2/c1-7-3-5-9(6-4-7)15-20(17,18)11-14-13-10(19-11)12-8(2)16/h3-6,15H,1-2H3,(H,12,13,16).